The van der Waals surface area contributed by atoms with E-state index in [1.54, 1.807) is 7.05 Å². The molecule has 1 saturated heterocycles. The predicted octanol–water partition coefficient (Wildman–Crippen LogP) is 2.99. The molecule has 0 aromatic rings. The van der Waals surface area contributed by atoms with Crippen molar-refractivity contribution in [2.24, 2.45) is 11.8 Å². The summed E-state index contributed by atoms with van der Waals surface area (Å²) in [5.41, 5.74) is 0. The first kappa shape index (κ1) is 14.2. The van der Waals surface area contributed by atoms with E-state index in [9.17, 15) is 9.59 Å². The number of amides is 2. The molecule has 0 N–H and O–H groups in total. The van der Waals surface area contributed by atoms with E-state index >= 15 is 0 Å². The standard InChI is InChI=1S/C14H25NO2/c1-4-6-7-9-11(8-5-2)12-10-13(16)15(3)14(12)17/h11-12H,4-10H2,1-3H3. The first-order valence-corrected chi connectivity index (χ1v) is 6.92. The van der Waals surface area contributed by atoms with E-state index in [1.165, 1.54) is 24.2 Å². The molecule has 17 heavy (non-hydrogen) atoms. The van der Waals surface area contributed by atoms with Crippen LogP contribution in [0.25, 0.3) is 0 Å². The topological polar surface area (TPSA) is 37.4 Å². The van der Waals surface area contributed by atoms with Crippen LogP contribution < -0.4 is 0 Å². The lowest BCUT2D eigenvalue weighted by Gasteiger charge is -2.21. The van der Waals surface area contributed by atoms with E-state index in [2.05, 4.69) is 13.8 Å². The number of unbranched alkanes of at least 4 members (excludes halogenated alkanes) is 2. The first-order valence-electron chi connectivity index (χ1n) is 6.92. The normalized spacial score (nSPS) is 22.3. The Kier molecular flexibility index (Phi) is 5.66. The molecule has 0 aromatic carbocycles. The highest BCUT2D eigenvalue weighted by molar-refractivity contribution is 6.03. The van der Waals surface area contributed by atoms with Crippen molar-refractivity contribution in [3.8, 4) is 0 Å². The number of likely N-dealkylation sites (tertiary alicyclic amines) is 1. The molecule has 0 aliphatic carbocycles. The number of hydrogen-bond acceptors (Lipinski definition) is 2. The highest BCUT2D eigenvalue weighted by atomic mass is 16.2. The molecule has 0 saturated carbocycles. The second-order valence-electron chi connectivity index (χ2n) is 5.15. The zero-order valence-electron chi connectivity index (χ0n) is 11.4. The van der Waals surface area contributed by atoms with Crippen molar-refractivity contribution in [2.45, 2.75) is 58.8 Å². The van der Waals surface area contributed by atoms with Gasteiger partial charge in [-0.05, 0) is 18.8 Å². The second kappa shape index (κ2) is 6.77. The van der Waals surface area contributed by atoms with Gasteiger partial charge in [-0.1, -0.05) is 39.5 Å². The van der Waals surface area contributed by atoms with Gasteiger partial charge < -0.3 is 0 Å². The van der Waals surface area contributed by atoms with Crippen molar-refractivity contribution in [3.05, 3.63) is 0 Å². The van der Waals surface area contributed by atoms with Crippen molar-refractivity contribution >= 4 is 11.8 Å². The van der Waals surface area contributed by atoms with E-state index in [1.807, 2.05) is 0 Å². The third kappa shape index (κ3) is 3.55. The molecule has 0 spiro atoms. The van der Waals surface area contributed by atoms with Crippen LogP contribution in [0.5, 0.6) is 0 Å². The van der Waals surface area contributed by atoms with Gasteiger partial charge in [-0.3, -0.25) is 14.5 Å². The Bertz CT molecular complexity index is 275. The molecule has 0 bridgehead atoms. The van der Waals surface area contributed by atoms with E-state index < -0.39 is 0 Å². The Hall–Kier alpha value is -0.860. The fraction of sp³-hybridized carbons (Fsp3) is 0.857. The molecule has 3 nitrogen and oxygen atoms in total. The number of imide groups is 1. The molecule has 2 unspecified atom stereocenters. The van der Waals surface area contributed by atoms with Gasteiger partial charge in [0.2, 0.25) is 11.8 Å². The summed E-state index contributed by atoms with van der Waals surface area (Å²) in [6.07, 6.45) is 7.31. The fourth-order valence-electron chi connectivity index (χ4n) is 2.73. The molecule has 1 fully saturated rings. The second-order valence-corrected chi connectivity index (χ2v) is 5.15. The summed E-state index contributed by atoms with van der Waals surface area (Å²) < 4.78 is 0. The summed E-state index contributed by atoms with van der Waals surface area (Å²) in [7, 11) is 1.61. The molecule has 98 valence electrons. The lowest BCUT2D eigenvalue weighted by Crippen LogP contribution is -2.28. The SMILES string of the molecule is CCCCCC(CCC)C1CC(=O)N(C)C1=O. The summed E-state index contributed by atoms with van der Waals surface area (Å²) in [6, 6.07) is 0. The quantitative estimate of drug-likeness (QED) is 0.506. The van der Waals surface area contributed by atoms with Gasteiger partial charge in [0.15, 0.2) is 0 Å². The van der Waals surface area contributed by atoms with Crippen LogP contribution in [0, 0.1) is 11.8 Å². The molecule has 3 heteroatoms. The van der Waals surface area contributed by atoms with Gasteiger partial charge in [0.05, 0.1) is 5.92 Å². The molecule has 2 atom stereocenters. The van der Waals surface area contributed by atoms with Crippen LogP contribution in [0.15, 0.2) is 0 Å². The molecular weight excluding hydrogens is 214 g/mol. The Morgan fingerprint density at radius 2 is 1.88 bits per heavy atom. The summed E-state index contributed by atoms with van der Waals surface area (Å²) in [5.74, 6) is 0.416. The number of rotatable bonds is 7. The van der Waals surface area contributed by atoms with Crippen molar-refractivity contribution in [1.82, 2.24) is 4.90 Å². The minimum atomic E-state index is -0.0377. The summed E-state index contributed by atoms with van der Waals surface area (Å²) in [6.45, 7) is 4.34. The van der Waals surface area contributed by atoms with Gasteiger partial charge in [-0.15, -0.1) is 0 Å². The highest BCUT2D eigenvalue weighted by Gasteiger charge is 2.39. The number of carbonyl (C=O) groups is 2. The van der Waals surface area contributed by atoms with E-state index in [0.717, 1.165) is 19.3 Å². The Balaban J connectivity index is 2.57. The van der Waals surface area contributed by atoms with Gasteiger partial charge in [-0.25, -0.2) is 0 Å². The first-order chi connectivity index (χ1) is 8.11. The molecular formula is C14H25NO2. The maximum atomic E-state index is 12.0. The summed E-state index contributed by atoms with van der Waals surface area (Å²) in [5, 5.41) is 0. The van der Waals surface area contributed by atoms with Crippen molar-refractivity contribution in [2.75, 3.05) is 7.05 Å². The average Bonchev–Trinajstić information content (AvgIpc) is 2.56. The van der Waals surface area contributed by atoms with Crippen LogP contribution in [-0.2, 0) is 9.59 Å². The van der Waals surface area contributed by atoms with Gasteiger partial charge in [-0.2, -0.15) is 0 Å². The van der Waals surface area contributed by atoms with Crippen LogP contribution in [0.1, 0.15) is 58.8 Å². The van der Waals surface area contributed by atoms with Crippen LogP contribution in [0.2, 0.25) is 0 Å². The maximum Gasteiger partial charge on any atom is 0.232 e. The molecule has 1 aliphatic rings. The zero-order valence-corrected chi connectivity index (χ0v) is 11.4. The van der Waals surface area contributed by atoms with Crippen molar-refractivity contribution in [1.29, 1.82) is 0 Å². The van der Waals surface area contributed by atoms with Crippen LogP contribution in [0.3, 0.4) is 0 Å². The zero-order chi connectivity index (χ0) is 12.8. The predicted molar refractivity (Wildman–Crippen MR) is 68.4 cm³/mol. The summed E-state index contributed by atoms with van der Waals surface area (Å²) in [4.78, 5) is 24.8. The van der Waals surface area contributed by atoms with E-state index in [0.29, 0.717) is 12.3 Å². The van der Waals surface area contributed by atoms with E-state index in [-0.39, 0.29) is 17.7 Å². The highest BCUT2D eigenvalue weighted by Crippen LogP contribution is 2.32. The Morgan fingerprint density at radius 3 is 2.35 bits per heavy atom. The molecule has 2 amide bonds. The molecule has 1 rings (SSSR count). The third-order valence-corrected chi connectivity index (χ3v) is 3.82. The smallest absolute Gasteiger partial charge is 0.232 e. The van der Waals surface area contributed by atoms with Crippen LogP contribution >= 0.6 is 0 Å². The number of nitrogens with zero attached hydrogens (tertiary/aromatic N) is 1. The maximum absolute atomic E-state index is 12.0. The van der Waals surface area contributed by atoms with Gasteiger partial charge in [0.25, 0.3) is 0 Å². The van der Waals surface area contributed by atoms with Crippen molar-refractivity contribution in [3.63, 3.8) is 0 Å². The molecule has 1 aliphatic heterocycles. The van der Waals surface area contributed by atoms with Crippen molar-refractivity contribution < 1.29 is 9.59 Å². The number of carbonyl (C=O) groups excluding carboxylic acids is 2. The van der Waals surface area contributed by atoms with Crippen LogP contribution in [-0.4, -0.2) is 23.8 Å². The molecule has 0 radical (unpaired) electrons. The average molecular weight is 239 g/mol. The summed E-state index contributed by atoms with van der Waals surface area (Å²) >= 11 is 0. The minimum absolute atomic E-state index is 0.00315. The minimum Gasteiger partial charge on any atom is -0.285 e. The molecule has 0 aromatic heterocycles. The fourth-order valence-corrected chi connectivity index (χ4v) is 2.73. The van der Waals surface area contributed by atoms with Gasteiger partial charge in [0.1, 0.15) is 0 Å². The van der Waals surface area contributed by atoms with Gasteiger partial charge in [0, 0.05) is 13.5 Å². The third-order valence-electron chi connectivity index (χ3n) is 3.82. The monoisotopic (exact) mass is 239 g/mol. The Labute approximate surface area is 105 Å². The lowest BCUT2D eigenvalue weighted by molar-refractivity contribution is -0.138. The number of hydrogen-bond donors (Lipinski definition) is 0. The molecule has 1 heterocycles. The van der Waals surface area contributed by atoms with E-state index in [4.69, 9.17) is 0 Å². The van der Waals surface area contributed by atoms with Gasteiger partial charge >= 0.3 is 0 Å². The Morgan fingerprint density at radius 1 is 1.18 bits per heavy atom. The largest absolute Gasteiger partial charge is 0.285 e. The lowest BCUT2D eigenvalue weighted by atomic mass is 9.83. The van der Waals surface area contributed by atoms with Crippen LogP contribution in [0.4, 0.5) is 0 Å².